The molecule has 0 amide bonds. The Kier molecular flexibility index (Phi) is 12.9. The summed E-state index contributed by atoms with van der Waals surface area (Å²) in [6.45, 7) is 25.5. The molecule has 32 heavy (non-hydrogen) atoms. The Bertz CT molecular complexity index is 773. The highest BCUT2D eigenvalue weighted by Gasteiger charge is 2.14. The van der Waals surface area contributed by atoms with Gasteiger partial charge in [0.25, 0.3) is 0 Å². The number of benzene rings is 3. The Morgan fingerprint density at radius 2 is 0.469 bits per heavy atom. The van der Waals surface area contributed by atoms with E-state index in [4.69, 9.17) is 0 Å². The predicted octanol–water partition coefficient (Wildman–Crippen LogP) is 10.7. The molecule has 0 aliphatic carbocycles. The zero-order valence-corrected chi connectivity index (χ0v) is 22.9. The van der Waals surface area contributed by atoms with Gasteiger partial charge in [0.15, 0.2) is 0 Å². The SMILES string of the molecule is CC.CC.CC.CC(C)(C)c1ccc(-c2ccc(-c3ccc(C(C)(C)C)cc3)cc2)cc1. The highest BCUT2D eigenvalue weighted by atomic mass is 14.2. The summed E-state index contributed by atoms with van der Waals surface area (Å²) >= 11 is 0. The van der Waals surface area contributed by atoms with Crippen molar-refractivity contribution < 1.29 is 0 Å². The zero-order chi connectivity index (χ0) is 24.9. The van der Waals surface area contributed by atoms with Crippen LogP contribution in [0.15, 0.2) is 72.8 Å². The number of hydrogen-bond acceptors (Lipinski definition) is 0. The van der Waals surface area contributed by atoms with E-state index in [1.54, 1.807) is 0 Å². The van der Waals surface area contributed by atoms with Crippen LogP contribution in [0.1, 0.15) is 94.2 Å². The Morgan fingerprint density at radius 1 is 0.312 bits per heavy atom. The molecular formula is C32H48. The van der Waals surface area contributed by atoms with E-state index in [0.717, 1.165) is 0 Å². The van der Waals surface area contributed by atoms with Crippen molar-refractivity contribution in [2.24, 2.45) is 0 Å². The largest absolute Gasteiger partial charge is 0.0683 e. The van der Waals surface area contributed by atoms with Crippen molar-refractivity contribution >= 4 is 0 Å². The minimum absolute atomic E-state index is 0.196. The van der Waals surface area contributed by atoms with Gasteiger partial charge in [0.1, 0.15) is 0 Å². The summed E-state index contributed by atoms with van der Waals surface area (Å²) in [7, 11) is 0. The van der Waals surface area contributed by atoms with Crippen LogP contribution < -0.4 is 0 Å². The van der Waals surface area contributed by atoms with E-state index in [1.165, 1.54) is 33.4 Å². The minimum Gasteiger partial charge on any atom is -0.0683 e. The van der Waals surface area contributed by atoms with Gasteiger partial charge < -0.3 is 0 Å². The molecule has 0 atom stereocenters. The topological polar surface area (TPSA) is 0 Å². The smallest absolute Gasteiger partial charge is 0.0132 e. The molecule has 0 nitrogen and oxygen atoms in total. The molecule has 0 N–H and O–H groups in total. The molecule has 0 heterocycles. The van der Waals surface area contributed by atoms with Crippen molar-refractivity contribution in [1.82, 2.24) is 0 Å². The second-order valence-corrected chi connectivity index (χ2v) is 9.23. The van der Waals surface area contributed by atoms with Crippen LogP contribution in [0.5, 0.6) is 0 Å². The molecule has 176 valence electrons. The second kappa shape index (κ2) is 13.9. The van der Waals surface area contributed by atoms with Crippen LogP contribution in [-0.2, 0) is 10.8 Å². The molecule has 0 aliphatic rings. The van der Waals surface area contributed by atoms with E-state index in [2.05, 4.69) is 114 Å². The Hall–Kier alpha value is -2.34. The lowest BCUT2D eigenvalue weighted by atomic mass is 9.86. The quantitative estimate of drug-likeness (QED) is 0.377. The van der Waals surface area contributed by atoms with Crippen LogP contribution in [-0.4, -0.2) is 0 Å². The van der Waals surface area contributed by atoms with E-state index in [1.807, 2.05) is 41.5 Å². The van der Waals surface area contributed by atoms with Gasteiger partial charge in [0, 0.05) is 0 Å². The Morgan fingerprint density at radius 3 is 0.625 bits per heavy atom. The summed E-state index contributed by atoms with van der Waals surface area (Å²) in [5, 5.41) is 0. The van der Waals surface area contributed by atoms with Crippen LogP contribution in [0.25, 0.3) is 22.3 Å². The average Bonchev–Trinajstić information content (AvgIpc) is 2.82. The van der Waals surface area contributed by atoms with Gasteiger partial charge in [-0.2, -0.15) is 0 Å². The Labute approximate surface area is 200 Å². The fourth-order valence-corrected chi connectivity index (χ4v) is 3.18. The van der Waals surface area contributed by atoms with Gasteiger partial charge in [0.05, 0.1) is 0 Å². The minimum atomic E-state index is 0.196. The lowest BCUT2D eigenvalue weighted by Gasteiger charge is -2.19. The van der Waals surface area contributed by atoms with Crippen LogP contribution in [0.3, 0.4) is 0 Å². The van der Waals surface area contributed by atoms with Crippen LogP contribution in [0.2, 0.25) is 0 Å². The summed E-state index contributed by atoms with van der Waals surface area (Å²) in [6, 6.07) is 26.8. The van der Waals surface area contributed by atoms with Crippen LogP contribution in [0, 0.1) is 0 Å². The summed E-state index contributed by atoms with van der Waals surface area (Å²) in [4.78, 5) is 0. The predicted molar refractivity (Wildman–Crippen MR) is 149 cm³/mol. The fraction of sp³-hybridized carbons (Fsp3) is 0.438. The molecule has 0 spiro atoms. The monoisotopic (exact) mass is 432 g/mol. The van der Waals surface area contributed by atoms with Gasteiger partial charge in [-0.3, -0.25) is 0 Å². The molecule has 3 aromatic carbocycles. The van der Waals surface area contributed by atoms with Gasteiger partial charge in [-0.05, 0) is 44.2 Å². The summed E-state index contributed by atoms with van der Waals surface area (Å²) < 4.78 is 0. The molecule has 3 rings (SSSR count). The fourth-order valence-electron chi connectivity index (χ4n) is 3.18. The summed E-state index contributed by atoms with van der Waals surface area (Å²) in [5.74, 6) is 0. The van der Waals surface area contributed by atoms with Crippen molar-refractivity contribution in [3.63, 3.8) is 0 Å². The van der Waals surface area contributed by atoms with E-state index in [9.17, 15) is 0 Å². The lowest BCUT2D eigenvalue weighted by molar-refractivity contribution is 0.590. The molecule has 0 fully saturated rings. The van der Waals surface area contributed by atoms with Crippen molar-refractivity contribution in [1.29, 1.82) is 0 Å². The maximum absolute atomic E-state index is 2.25. The molecule has 0 saturated carbocycles. The molecule has 0 bridgehead atoms. The highest BCUT2D eigenvalue weighted by Crippen LogP contribution is 2.29. The molecule has 0 unspecified atom stereocenters. The molecular weight excluding hydrogens is 384 g/mol. The van der Waals surface area contributed by atoms with Gasteiger partial charge >= 0.3 is 0 Å². The van der Waals surface area contributed by atoms with Gasteiger partial charge in [-0.1, -0.05) is 156 Å². The van der Waals surface area contributed by atoms with E-state index < -0.39 is 0 Å². The Balaban J connectivity index is 0.00000148. The van der Waals surface area contributed by atoms with E-state index >= 15 is 0 Å². The summed E-state index contributed by atoms with van der Waals surface area (Å²) in [5.41, 5.74) is 8.21. The standard InChI is InChI=1S/C26H30.3C2H6/c1-25(2,3)23-15-11-21(12-16-23)19-7-9-20(10-8-19)22-13-17-24(18-14-22)26(4,5)6;3*1-2/h7-18H,1-6H3;3*1-2H3. The van der Waals surface area contributed by atoms with Crippen LogP contribution in [0.4, 0.5) is 0 Å². The first-order valence-corrected chi connectivity index (χ1v) is 12.5. The molecule has 3 aromatic rings. The summed E-state index contributed by atoms with van der Waals surface area (Å²) in [6.07, 6.45) is 0. The molecule has 0 heteroatoms. The van der Waals surface area contributed by atoms with Gasteiger partial charge in [0.2, 0.25) is 0 Å². The normalized spacial score (nSPS) is 10.5. The third kappa shape index (κ3) is 8.65. The number of rotatable bonds is 2. The van der Waals surface area contributed by atoms with Gasteiger partial charge in [-0.25, -0.2) is 0 Å². The first kappa shape index (κ1) is 29.7. The van der Waals surface area contributed by atoms with Crippen molar-refractivity contribution in [3.8, 4) is 22.3 Å². The first-order chi connectivity index (χ1) is 15.1. The van der Waals surface area contributed by atoms with Gasteiger partial charge in [-0.15, -0.1) is 0 Å². The van der Waals surface area contributed by atoms with E-state index in [0.29, 0.717) is 0 Å². The first-order valence-electron chi connectivity index (χ1n) is 12.5. The molecule has 0 saturated heterocycles. The van der Waals surface area contributed by atoms with E-state index in [-0.39, 0.29) is 10.8 Å². The molecule has 0 aliphatic heterocycles. The zero-order valence-electron chi connectivity index (χ0n) is 22.9. The third-order valence-electron chi connectivity index (χ3n) is 5.05. The average molecular weight is 433 g/mol. The second-order valence-electron chi connectivity index (χ2n) is 9.23. The van der Waals surface area contributed by atoms with Crippen molar-refractivity contribution in [3.05, 3.63) is 83.9 Å². The maximum atomic E-state index is 2.25. The highest BCUT2D eigenvalue weighted by molar-refractivity contribution is 5.70. The molecule has 0 aromatic heterocycles. The third-order valence-corrected chi connectivity index (χ3v) is 5.05. The lowest BCUT2D eigenvalue weighted by Crippen LogP contribution is -2.10. The maximum Gasteiger partial charge on any atom is -0.0132 e. The van der Waals surface area contributed by atoms with Crippen molar-refractivity contribution in [2.75, 3.05) is 0 Å². The van der Waals surface area contributed by atoms with Crippen molar-refractivity contribution in [2.45, 2.75) is 93.9 Å². The number of hydrogen-bond donors (Lipinski definition) is 0. The van der Waals surface area contributed by atoms with Crippen LogP contribution >= 0.6 is 0 Å². The molecule has 0 radical (unpaired) electrons.